The Kier molecular flexibility index (Phi) is 2.57. The standard InChI is InChI=1S/C9H18N2O2S/c1-14(12,13)9(3-4-9)7-11-8-2-5-10-6-8/h8,10-11H,2-7H2,1H3. The second kappa shape index (κ2) is 3.47. The maximum Gasteiger partial charge on any atom is 0.154 e. The highest BCUT2D eigenvalue weighted by molar-refractivity contribution is 7.92. The van der Waals surface area contributed by atoms with Gasteiger partial charge in [-0.3, -0.25) is 0 Å². The van der Waals surface area contributed by atoms with E-state index in [1.165, 1.54) is 6.26 Å². The van der Waals surface area contributed by atoms with Crippen molar-refractivity contribution in [2.24, 2.45) is 0 Å². The van der Waals surface area contributed by atoms with Crippen LogP contribution in [0.15, 0.2) is 0 Å². The molecule has 1 aliphatic heterocycles. The van der Waals surface area contributed by atoms with Gasteiger partial charge < -0.3 is 10.6 Å². The van der Waals surface area contributed by atoms with Crippen LogP contribution >= 0.6 is 0 Å². The van der Waals surface area contributed by atoms with Crippen LogP contribution in [-0.4, -0.2) is 45.1 Å². The van der Waals surface area contributed by atoms with Crippen LogP contribution in [0.4, 0.5) is 0 Å². The van der Waals surface area contributed by atoms with E-state index in [-0.39, 0.29) is 0 Å². The van der Waals surface area contributed by atoms with E-state index in [1.54, 1.807) is 0 Å². The molecule has 0 aromatic rings. The molecule has 82 valence electrons. The Morgan fingerprint density at radius 1 is 1.50 bits per heavy atom. The van der Waals surface area contributed by atoms with Crippen molar-refractivity contribution in [3.63, 3.8) is 0 Å². The summed E-state index contributed by atoms with van der Waals surface area (Å²) in [5.41, 5.74) is 0. The summed E-state index contributed by atoms with van der Waals surface area (Å²) in [7, 11) is -2.87. The van der Waals surface area contributed by atoms with Gasteiger partial charge in [0.2, 0.25) is 0 Å². The third-order valence-electron chi connectivity index (χ3n) is 3.37. The highest BCUT2D eigenvalue weighted by Crippen LogP contribution is 2.42. The number of sulfone groups is 1. The summed E-state index contributed by atoms with van der Waals surface area (Å²) in [6, 6.07) is 0.467. The smallest absolute Gasteiger partial charge is 0.154 e. The number of hydrogen-bond acceptors (Lipinski definition) is 4. The van der Waals surface area contributed by atoms with Crippen LogP contribution in [0, 0.1) is 0 Å². The molecule has 1 unspecified atom stereocenters. The van der Waals surface area contributed by atoms with Gasteiger partial charge in [-0.15, -0.1) is 0 Å². The molecule has 0 aromatic heterocycles. The van der Waals surface area contributed by atoms with Gasteiger partial charge in [0.15, 0.2) is 9.84 Å². The summed E-state index contributed by atoms with van der Waals surface area (Å²) in [4.78, 5) is 0. The SMILES string of the molecule is CS(=O)(=O)C1(CNC2CCNC2)CC1. The molecule has 0 radical (unpaired) electrons. The van der Waals surface area contributed by atoms with Gasteiger partial charge in [-0.05, 0) is 25.8 Å². The molecule has 2 rings (SSSR count). The van der Waals surface area contributed by atoms with Crippen LogP contribution in [0.3, 0.4) is 0 Å². The summed E-state index contributed by atoms with van der Waals surface area (Å²) >= 11 is 0. The lowest BCUT2D eigenvalue weighted by molar-refractivity contribution is 0.518. The van der Waals surface area contributed by atoms with E-state index in [0.29, 0.717) is 12.6 Å². The van der Waals surface area contributed by atoms with Crippen molar-refractivity contribution in [3.8, 4) is 0 Å². The van der Waals surface area contributed by atoms with Crippen molar-refractivity contribution >= 4 is 9.84 Å². The topological polar surface area (TPSA) is 58.2 Å². The van der Waals surface area contributed by atoms with Crippen molar-refractivity contribution < 1.29 is 8.42 Å². The number of rotatable bonds is 4. The summed E-state index contributed by atoms with van der Waals surface area (Å²) < 4.78 is 22.5. The lowest BCUT2D eigenvalue weighted by Gasteiger charge is -2.17. The first kappa shape index (κ1) is 10.4. The highest BCUT2D eigenvalue weighted by Gasteiger charge is 2.51. The second-order valence-corrected chi connectivity index (χ2v) is 6.94. The Balaban J connectivity index is 1.86. The lowest BCUT2D eigenvalue weighted by atomic mass is 10.2. The van der Waals surface area contributed by atoms with Crippen molar-refractivity contribution in [1.82, 2.24) is 10.6 Å². The third kappa shape index (κ3) is 1.94. The molecule has 0 spiro atoms. The van der Waals surface area contributed by atoms with Crippen LogP contribution in [0.1, 0.15) is 19.3 Å². The maximum atomic E-state index is 11.5. The Morgan fingerprint density at radius 3 is 2.64 bits per heavy atom. The van der Waals surface area contributed by atoms with Crippen molar-refractivity contribution in [3.05, 3.63) is 0 Å². The number of hydrogen-bond donors (Lipinski definition) is 2. The van der Waals surface area contributed by atoms with Crippen LogP contribution in [0.2, 0.25) is 0 Å². The minimum Gasteiger partial charge on any atom is -0.315 e. The second-order valence-electron chi connectivity index (χ2n) is 4.53. The summed E-state index contributed by atoms with van der Waals surface area (Å²) in [6.45, 7) is 2.65. The van der Waals surface area contributed by atoms with Crippen molar-refractivity contribution in [2.75, 3.05) is 25.9 Å². The van der Waals surface area contributed by atoms with Crippen molar-refractivity contribution in [1.29, 1.82) is 0 Å². The first-order chi connectivity index (χ1) is 6.54. The Labute approximate surface area is 85.4 Å². The molecular formula is C9H18N2O2S. The molecule has 2 aliphatic rings. The monoisotopic (exact) mass is 218 g/mol. The molecular weight excluding hydrogens is 200 g/mol. The molecule has 2 N–H and O–H groups in total. The molecule has 14 heavy (non-hydrogen) atoms. The molecule has 1 saturated heterocycles. The van der Waals surface area contributed by atoms with Gasteiger partial charge in [-0.25, -0.2) is 8.42 Å². The summed E-state index contributed by atoms with van der Waals surface area (Å²) in [5, 5.41) is 6.61. The molecule has 1 aliphatic carbocycles. The summed E-state index contributed by atoms with van der Waals surface area (Å²) in [6.07, 6.45) is 4.13. The van der Waals surface area contributed by atoms with Gasteiger partial charge in [0.1, 0.15) is 0 Å². The zero-order valence-electron chi connectivity index (χ0n) is 8.54. The van der Waals surface area contributed by atoms with E-state index in [9.17, 15) is 8.42 Å². The van der Waals surface area contributed by atoms with E-state index in [1.807, 2.05) is 0 Å². The van der Waals surface area contributed by atoms with Crippen LogP contribution in [-0.2, 0) is 9.84 Å². The van der Waals surface area contributed by atoms with Gasteiger partial charge in [-0.2, -0.15) is 0 Å². The Morgan fingerprint density at radius 2 is 2.21 bits per heavy atom. The zero-order valence-corrected chi connectivity index (χ0v) is 9.36. The average Bonchev–Trinajstić information content (AvgIpc) is 2.72. The normalized spacial score (nSPS) is 30.5. The average molecular weight is 218 g/mol. The minimum atomic E-state index is -2.87. The van der Waals surface area contributed by atoms with Gasteiger partial charge in [0.25, 0.3) is 0 Å². The largest absolute Gasteiger partial charge is 0.315 e. The highest BCUT2D eigenvalue weighted by atomic mass is 32.2. The van der Waals surface area contributed by atoms with Crippen LogP contribution in [0.5, 0.6) is 0 Å². The molecule has 1 atom stereocenters. The molecule has 5 heteroatoms. The number of nitrogens with one attached hydrogen (secondary N) is 2. The molecule has 0 aromatic carbocycles. The summed E-state index contributed by atoms with van der Waals surface area (Å²) in [5.74, 6) is 0. The Hall–Kier alpha value is -0.130. The fraction of sp³-hybridized carbons (Fsp3) is 1.00. The van der Waals surface area contributed by atoms with E-state index < -0.39 is 14.6 Å². The molecule has 1 saturated carbocycles. The van der Waals surface area contributed by atoms with Gasteiger partial charge in [-0.1, -0.05) is 0 Å². The van der Waals surface area contributed by atoms with Gasteiger partial charge in [0.05, 0.1) is 4.75 Å². The van der Waals surface area contributed by atoms with E-state index in [2.05, 4.69) is 10.6 Å². The minimum absolute atomic E-state index is 0.421. The molecule has 2 fully saturated rings. The van der Waals surface area contributed by atoms with Crippen LogP contribution in [0.25, 0.3) is 0 Å². The fourth-order valence-corrected chi connectivity index (χ4v) is 3.17. The van der Waals surface area contributed by atoms with Crippen LogP contribution < -0.4 is 10.6 Å². The predicted octanol–water partition coefficient (Wildman–Crippen LogP) is -0.485. The first-order valence-corrected chi connectivity index (χ1v) is 7.06. The predicted molar refractivity (Wildman–Crippen MR) is 56.1 cm³/mol. The maximum absolute atomic E-state index is 11.5. The fourth-order valence-electron chi connectivity index (χ4n) is 1.98. The molecule has 0 amide bonds. The quantitative estimate of drug-likeness (QED) is 0.669. The van der Waals surface area contributed by atoms with E-state index in [4.69, 9.17) is 0 Å². The molecule has 4 nitrogen and oxygen atoms in total. The van der Waals surface area contributed by atoms with Gasteiger partial charge >= 0.3 is 0 Å². The third-order valence-corrected chi connectivity index (χ3v) is 5.49. The lowest BCUT2D eigenvalue weighted by Crippen LogP contribution is -2.41. The molecule has 1 heterocycles. The Bertz CT molecular complexity index is 303. The molecule has 0 bridgehead atoms. The first-order valence-electron chi connectivity index (χ1n) is 5.17. The van der Waals surface area contributed by atoms with E-state index >= 15 is 0 Å². The van der Waals surface area contributed by atoms with Gasteiger partial charge in [0, 0.05) is 25.4 Å². The van der Waals surface area contributed by atoms with E-state index in [0.717, 1.165) is 32.4 Å². The van der Waals surface area contributed by atoms with Crippen molar-refractivity contribution in [2.45, 2.75) is 30.1 Å². The zero-order chi connectivity index (χ0) is 10.2.